The number of hydrogen-bond acceptors (Lipinski definition) is 13. The van der Waals surface area contributed by atoms with E-state index in [1.54, 1.807) is 95.5 Å². The van der Waals surface area contributed by atoms with Gasteiger partial charge >= 0.3 is 30.1 Å². The van der Waals surface area contributed by atoms with Crippen LogP contribution >= 0.6 is 0 Å². The molecule has 2 aliphatic rings. The van der Waals surface area contributed by atoms with Crippen molar-refractivity contribution in [1.82, 2.24) is 25.0 Å². The van der Waals surface area contributed by atoms with Crippen molar-refractivity contribution >= 4 is 41.6 Å². The van der Waals surface area contributed by atoms with Crippen LogP contribution in [0.25, 0.3) is 27.9 Å². The Morgan fingerprint density at radius 2 is 1.00 bits per heavy atom. The fourth-order valence-electron chi connectivity index (χ4n) is 9.26. The van der Waals surface area contributed by atoms with Gasteiger partial charge < -0.3 is 44.5 Å². The molecule has 2 atom stereocenters. The van der Waals surface area contributed by atoms with E-state index < -0.39 is 53.4 Å². The maximum atomic E-state index is 13.2. The Morgan fingerprint density at radius 1 is 0.560 bits per heavy atom. The molecule has 0 bridgehead atoms. The molecule has 75 heavy (non-hydrogen) atoms. The lowest BCUT2D eigenvalue weighted by molar-refractivity contribution is -0.158. The fourth-order valence-corrected chi connectivity index (χ4v) is 9.26. The first-order valence-corrected chi connectivity index (χ1v) is 24.9. The molecule has 0 aliphatic heterocycles. The van der Waals surface area contributed by atoms with Gasteiger partial charge in [0.25, 0.3) is 0 Å². The van der Waals surface area contributed by atoms with Gasteiger partial charge in [-0.2, -0.15) is 0 Å². The molecule has 0 radical (unpaired) electrons. The Bertz CT molecular complexity index is 3140. The van der Waals surface area contributed by atoms with Crippen LogP contribution in [-0.4, -0.2) is 87.6 Å². The summed E-state index contributed by atoms with van der Waals surface area (Å²) < 4.78 is 29.2. The Morgan fingerprint density at radius 3 is 1.44 bits per heavy atom. The quantitative estimate of drug-likeness (QED) is 0.0685. The van der Waals surface area contributed by atoms with Crippen LogP contribution in [0.2, 0.25) is 0 Å². The summed E-state index contributed by atoms with van der Waals surface area (Å²) in [5.74, 6) is -1.56. The van der Waals surface area contributed by atoms with E-state index in [1.807, 2.05) is 60.7 Å². The van der Waals surface area contributed by atoms with Gasteiger partial charge in [-0.1, -0.05) is 109 Å². The molecule has 0 saturated heterocycles. The van der Waals surface area contributed by atoms with Gasteiger partial charge in [0.15, 0.2) is 5.69 Å². The second-order valence-corrected chi connectivity index (χ2v) is 20.2. The van der Waals surface area contributed by atoms with Crippen molar-refractivity contribution in [3.63, 3.8) is 0 Å². The monoisotopic (exact) mass is 1010 g/mol. The number of carbonyl (C=O) groups excluding carboxylic acids is 5. The van der Waals surface area contributed by atoms with E-state index in [4.69, 9.17) is 29.4 Å². The average Bonchev–Trinajstić information content (AvgIpc) is 4.05. The van der Waals surface area contributed by atoms with Gasteiger partial charge in [-0.3, -0.25) is 0 Å². The maximum Gasteiger partial charge on any atom is 0.407 e. The number of nitrogens with two attached hydrogens (primary N) is 1. The van der Waals surface area contributed by atoms with Crippen molar-refractivity contribution in [3.05, 3.63) is 179 Å². The first-order valence-electron chi connectivity index (χ1n) is 24.9. The van der Waals surface area contributed by atoms with Gasteiger partial charge in [0.05, 0.1) is 6.61 Å². The van der Waals surface area contributed by atoms with Crippen LogP contribution in [0.5, 0.6) is 0 Å². The third-order valence-electron chi connectivity index (χ3n) is 12.4. The highest BCUT2D eigenvalue weighted by Crippen LogP contribution is 2.45. The number of nitrogens with one attached hydrogen (secondary N) is 2. The molecule has 0 saturated carbocycles. The smallest absolute Gasteiger partial charge is 0.407 e. The molecule has 0 unspecified atom stereocenters. The Balaban J connectivity index is 0.000000203. The number of amides is 2. The molecule has 9 rings (SSSR count). The number of nitrogens with zero attached hydrogens (tertiary/aromatic N) is 3. The van der Waals surface area contributed by atoms with Crippen LogP contribution in [0.4, 0.5) is 15.4 Å². The fraction of sp³-hybridized carbons (Fsp3) is 0.305. The molecule has 0 fully saturated rings. The first kappa shape index (κ1) is 52.8. The van der Waals surface area contributed by atoms with Crippen LogP contribution < -0.4 is 16.4 Å². The van der Waals surface area contributed by atoms with Crippen molar-refractivity contribution in [2.75, 3.05) is 25.6 Å². The summed E-state index contributed by atoms with van der Waals surface area (Å²) in [7, 11) is 0. The highest BCUT2D eigenvalue weighted by Gasteiger charge is 2.34. The highest BCUT2D eigenvalue weighted by atomic mass is 16.6. The molecule has 7 aromatic rings. The molecule has 16 heteroatoms. The van der Waals surface area contributed by atoms with Gasteiger partial charge in [-0.05, 0) is 117 Å². The lowest BCUT2D eigenvalue weighted by Gasteiger charge is -2.25. The van der Waals surface area contributed by atoms with E-state index in [0.717, 1.165) is 44.5 Å². The molecular formula is C59H62N6O10. The molecule has 2 amide bonds. The van der Waals surface area contributed by atoms with Gasteiger partial charge in [0, 0.05) is 42.3 Å². The van der Waals surface area contributed by atoms with E-state index in [0.29, 0.717) is 22.9 Å². The number of imidazole rings is 1. The molecule has 388 valence electrons. The zero-order valence-electron chi connectivity index (χ0n) is 43.1. The minimum atomic E-state index is -1.05. The summed E-state index contributed by atoms with van der Waals surface area (Å²) in [6.45, 7) is 12.8. The highest BCUT2D eigenvalue weighted by molar-refractivity contribution is 5.88. The van der Waals surface area contributed by atoms with E-state index in [1.165, 1.54) is 0 Å². The van der Waals surface area contributed by atoms with Gasteiger partial charge in [0.1, 0.15) is 48.0 Å². The number of carbonyl (C=O) groups is 5. The molecule has 4 aromatic carbocycles. The SMILES string of the molecule is CC(C)(C)OC(=O)[C@H](Cc1cccc(N)n1)NC(=O)OCC1c2ccccc2-c2ccccc21.CCOC(=O)c1cn2c(C[C@H](NC(=O)OCC3c4ccccc4-c4ccccc43)C(=O)OC(C)(C)C)cccc2n1. The molecule has 4 N–H and O–H groups in total. The van der Waals surface area contributed by atoms with Crippen molar-refractivity contribution < 1.29 is 47.7 Å². The zero-order chi connectivity index (χ0) is 53.4. The summed E-state index contributed by atoms with van der Waals surface area (Å²) in [5, 5.41) is 5.38. The molecule has 16 nitrogen and oxygen atoms in total. The number of hydrogen-bond donors (Lipinski definition) is 3. The number of ether oxygens (including phenoxy) is 5. The maximum absolute atomic E-state index is 13.2. The molecule has 0 spiro atoms. The van der Waals surface area contributed by atoms with Crippen LogP contribution in [-0.2, 0) is 46.1 Å². The summed E-state index contributed by atoms with van der Waals surface area (Å²) >= 11 is 0. The lowest BCUT2D eigenvalue weighted by atomic mass is 9.98. The number of anilines is 1. The van der Waals surface area contributed by atoms with Crippen LogP contribution in [0.15, 0.2) is 140 Å². The average molecular weight is 1020 g/mol. The number of pyridine rings is 2. The van der Waals surface area contributed by atoms with Crippen LogP contribution in [0, 0.1) is 0 Å². The molecular weight excluding hydrogens is 953 g/mol. The van der Waals surface area contributed by atoms with Crippen molar-refractivity contribution in [1.29, 1.82) is 0 Å². The van der Waals surface area contributed by atoms with Crippen LogP contribution in [0.1, 0.15) is 104 Å². The number of esters is 3. The summed E-state index contributed by atoms with van der Waals surface area (Å²) in [5.41, 5.74) is 15.1. The van der Waals surface area contributed by atoms with E-state index in [9.17, 15) is 24.0 Å². The number of nitrogen functional groups attached to an aromatic ring is 1. The standard InChI is InChI=1S/C32H33N3O6.C27H29N3O4/c1-5-39-29(36)27-18-35-20(11-10-16-28(35)33-27)17-26(30(37)41-32(2,3)4)34-31(38)40-19-25-23-14-8-6-12-21(23)22-13-7-9-15-24(22)25;1-27(2,3)34-25(31)23(15-17-9-8-14-24(28)29-17)30-26(32)33-16-22-20-12-6-4-10-18(20)19-11-5-7-13-21(19)22/h6-16,18,25-26H,5,17,19H2,1-4H3,(H,34,38);4-14,22-23H,15-16H2,1-3H3,(H2,28,29)(H,30,32)/t26-;23-/m00/s1. The predicted molar refractivity (Wildman–Crippen MR) is 283 cm³/mol. The molecule has 3 heterocycles. The number of benzene rings is 4. The summed E-state index contributed by atoms with van der Waals surface area (Å²) in [6.07, 6.45) is 0.343. The van der Waals surface area contributed by atoms with Gasteiger partial charge in [-0.15, -0.1) is 0 Å². The number of fused-ring (bicyclic) bond motifs is 7. The van der Waals surface area contributed by atoms with E-state index >= 15 is 0 Å². The second kappa shape index (κ2) is 22.7. The lowest BCUT2D eigenvalue weighted by Crippen LogP contribution is -2.46. The van der Waals surface area contributed by atoms with Crippen molar-refractivity contribution in [2.24, 2.45) is 0 Å². The first-order chi connectivity index (χ1) is 35.9. The number of alkyl carbamates (subject to hydrolysis) is 2. The molecule has 3 aromatic heterocycles. The Labute approximate surface area is 435 Å². The van der Waals surface area contributed by atoms with Gasteiger partial charge in [0.2, 0.25) is 0 Å². The van der Waals surface area contributed by atoms with Crippen LogP contribution in [0.3, 0.4) is 0 Å². The van der Waals surface area contributed by atoms with Crippen molar-refractivity contribution in [2.45, 2.75) is 96.4 Å². The Hall–Kier alpha value is -8.53. The molecule has 2 aliphatic carbocycles. The number of rotatable bonds is 14. The summed E-state index contributed by atoms with van der Waals surface area (Å²) in [4.78, 5) is 72.7. The third-order valence-corrected chi connectivity index (χ3v) is 12.4. The number of aromatic nitrogens is 3. The van der Waals surface area contributed by atoms with Gasteiger partial charge in [-0.25, -0.2) is 33.9 Å². The minimum absolute atomic E-state index is 0.0753. The van der Waals surface area contributed by atoms with Crippen molar-refractivity contribution in [3.8, 4) is 22.3 Å². The Kier molecular flexibility index (Phi) is 16.0. The van der Waals surface area contributed by atoms with E-state index in [-0.39, 0.29) is 50.2 Å². The van der Waals surface area contributed by atoms with E-state index in [2.05, 4.69) is 57.0 Å². The zero-order valence-corrected chi connectivity index (χ0v) is 43.1. The minimum Gasteiger partial charge on any atom is -0.461 e. The largest absolute Gasteiger partial charge is 0.461 e. The summed E-state index contributed by atoms with van der Waals surface area (Å²) in [6, 6.07) is 40.8. The normalized spacial score (nSPS) is 13.4. The third kappa shape index (κ3) is 13.0. The second-order valence-electron chi connectivity index (χ2n) is 20.2. The predicted octanol–water partition coefficient (Wildman–Crippen LogP) is 9.76. The topological polar surface area (TPSA) is 212 Å².